The number of methoxy groups -OCH3 is 1. The Morgan fingerprint density at radius 1 is 0.920 bits per heavy atom. The van der Waals surface area contributed by atoms with E-state index in [0.29, 0.717) is 59.2 Å². The lowest BCUT2D eigenvalue weighted by Gasteiger charge is -2.44. The molecule has 2 bridgehead atoms. The molecule has 250 valence electrons. The maximum absolute atomic E-state index is 13.9. The topological polar surface area (TPSA) is 132 Å². The van der Waals surface area contributed by atoms with Gasteiger partial charge in [0, 0.05) is 72.9 Å². The van der Waals surface area contributed by atoms with Gasteiger partial charge in [-0.1, -0.05) is 24.3 Å². The van der Waals surface area contributed by atoms with Gasteiger partial charge in [0.15, 0.2) is 5.58 Å². The highest BCUT2D eigenvalue weighted by Gasteiger charge is 2.35. The molecule has 11 nitrogen and oxygen atoms in total. The third kappa shape index (κ3) is 5.98. The molecule has 0 spiro atoms. The summed E-state index contributed by atoms with van der Waals surface area (Å²) in [6, 6.07) is 27.2. The molecule has 2 N–H and O–H groups in total. The zero-order valence-corrected chi connectivity index (χ0v) is 27.3. The number of carbonyl (C=O) groups excluding carboxylic acids is 2. The van der Waals surface area contributed by atoms with E-state index in [1.165, 1.54) is 0 Å². The van der Waals surface area contributed by atoms with Crippen molar-refractivity contribution in [3.8, 4) is 17.2 Å². The smallest absolute Gasteiger partial charge is 0.255 e. The number of fused-ring (bicyclic) bond motifs is 5. The Bertz CT molecular complexity index is 2300. The Labute approximate surface area is 287 Å². The molecule has 0 aliphatic carbocycles. The average Bonchev–Trinajstić information content (AvgIpc) is 3.58. The summed E-state index contributed by atoms with van der Waals surface area (Å²) in [4.78, 5) is 51.0. The lowest BCUT2D eigenvalue weighted by atomic mass is 9.83. The molecule has 8 rings (SSSR count). The molecule has 6 aromatic rings. The summed E-state index contributed by atoms with van der Waals surface area (Å²) in [6.45, 7) is 2.30. The van der Waals surface area contributed by atoms with Crippen molar-refractivity contribution in [1.29, 1.82) is 0 Å². The molecule has 5 heterocycles. The highest BCUT2D eigenvalue weighted by molar-refractivity contribution is 6.08. The van der Waals surface area contributed by atoms with Crippen LogP contribution < -0.4 is 25.8 Å². The van der Waals surface area contributed by atoms with Crippen LogP contribution in [0, 0.1) is 5.92 Å². The van der Waals surface area contributed by atoms with Crippen molar-refractivity contribution in [3.05, 3.63) is 136 Å². The third-order valence-corrected chi connectivity index (χ3v) is 9.52. The highest BCUT2D eigenvalue weighted by Crippen LogP contribution is 2.39. The lowest BCUT2D eigenvalue weighted by molar-refractivity contribution is 0.0949. The van der Waals surface area contributed by atoms with E-state index in [9.17, 15) is 14.4 Å². The van der Waals surface area contributed by atoms with Gasteiger partial charge in [-0.25, -0.2) is 4.98 Å². The summed E-state index contributed by atoms with van der Waals surface area (Å²) in [5, 5.41) is 6.09. The Balaban J connectivity index is 1.10. The number of carbonyl (C=O) groups is 2. The molecule has 1 saturated heterocycles. The number of pyridine rings is 2. The summed E-state index contributed by atoms with van der Waals surface area (Å²) in [5.74, 6) is 0.893. The van der Waals surface area contributed by atoms with Crippen LogP contribution in [0.4, 0.5) is 11.4 Å². The summed E-state index contributed by atoms with van der Waals surface area (Å²) in [7, 11) is 1.60. The van der Waals surface area contributed by atoms with Crippen molar-refractivity contribution in [2.45, 2.75) is 25.4 Å². The fourth-order valence-electron chi connectivity index (χ4n) is 7.15. The number of oxazole rings is 1. The Hall–Kier alpha value is -6.23. The van der Waals surface area contributed by atoms with E-state index in [4.69, 9.17) is 9.15 Å². The standard InChI is InChI=1S/C39H34N6O5/c1-49-34-9-3-2-6-27(34)20-41-37(47)25-11-13-33(44-21-24-16-29(23-44)32-8-4-10-36(46)45(32)22-24)30(17-25)42-38(48)26-12-14-35-31(18-26)43-39(50-35)28-7-5-15-40-19-28/h2-15,17-19,24,29H,16,20-23H2,1H3,(H,41,47)(H,42,48). The van der Waals surface area contributed by atoms with E-state index < -0.39 is 0 Å². The minimum absolute atomic E-state index is 0.0266. The first-order valence-corrected chi connectivity index (χ1v) is 16.5. The molecular weight excluding hydrogens is 632 g/mol. The number of hydrogen-bond acceptors (Lipinski definition) is 8. The quantitative estimate of drug-likeness (QED) is 0.206. The van der Waals surface area contributed by atoms with Crippen molar-refractivity contribution in [1.82, 2.24) is 19.9 Å². The fourth-order valence-corrected chi connectivity index (χ4v) is 7.15. The number of benzene rings is 3. The van der Waals surface area contributed by atoms with E-state index >= 15 is 0 Å². The molecule has 2 amide bonds. The summed E-state index contributed by atoms with van der Waals surface area (Å²) >= 11 is 0. The van der Waals surface area contributed by atoms with E-state index in [2.05, 4.69) is 25.5 Å². The van der Waals surface area contributed by atoms with E-state index in [0.717, 1.165) is 28.9 Å². The number of nitrogens with one attached hydrogen (secondary N) is 2. The number of rotatable bonds is 8. The zero-order chi connectivity index (χ0) is 34.2. The predicted octanol–water partition coefficient (Wildman–Crippen LogP) is 5.87. The van der Waals surface area contributed by atoms with Crippen LogP contribution in [0.1, 0.15) is 44.3 Å². The molecule has 11 heteroatoms. The van der Waals surface area contributed by atoms with Crippen molar-refractivity contribution in [2.75, 3.05) is 30.4 Å². The first kappa shape index (κ1) is 31.1. The Morgan fingerprint density at radius 3 is 2.64 bits per heavy atom. The normalized spacial score (nSPS) is 16.5. The van der Waals surface area contributed by atoms with Crippen LogP contribution in [-0.2, 0) is 13.1 Å². The number of hydrogen-bond donors (Lipinski definition) is 2. The summed E-state index contributed by atoms with van der Waals surface area (Å²) in [5.41, 5.74) is 5.85. The molecule has 2 atom stereocenters. The minimum Gasteiger partial charge on any atom is -0.496 e. The Morgan fingerprint density at radius 2 is 1.78 bits per heavy atom. The monoisotopic (exact) mass is 666 g/mol. The lowest BCUT2D eigenvalue weighted by Crippen LogP contribution is -2.47. The van der Waals surface area contributed by atoms with Crippen LogP contribution in [0.5, 0.6) is 5.75 Å². The molecule has 2 aliphatic rings. The molecule has 3 aromatic carbocycles. The van der Waals surface area contributed by atoms with Gasteiger partial charge in [0.2, 0.25) is 5.89 Å². The molecule has 2 aliphatic heterocycles. The minimum atomic E-state index is -0.347. The Kier molecular flexibility index (Phi) is 8.08. The van der Waals surface area contributed by atoms with Crippen LogP contribution in [-0.4, -0.2) is 46.5 Å². The van der Waals surface area contributed by atoms with Gasteiger partial charge >= 0.3 is 0 Å². The summed E-state index contributed by atoms with van der Waals surface area (Å²) in [6.07, 6.45) is 4.34. The van der Waals surface area contributed by atoms with Gasteiger partial charge in [-0.15, -0.1) is 0 Å². The second-order valence-corrected chi connectivity index (χ2v) is 12.7. The molecule has 0 saturated carbocycles. The molecular formula is C39H34N6O5. The van der Waals surface area contributed by atoms with Gasteiger partial charge in [-0.2, -0.15) is 0 Å². The van der Waals surface area contributed by atoms with E-state index in [1.807, 2.05) is 59.2 Å². The van der Waals surface area contributed by atoms with Crippen molar-refractivity contribution in [2.24, 2.45) is 5.92 Å². The van der Waals surface area contributed by atoms with Gasteiger partial charge in [-0.05, 0) is 73.0 Å². The number of piperidine rings is 1. The molecule has 0 radical (unpaired) electrons. The molecule has 3 aromatic heterocycles. The maximum atomic E-state index is 13.9. The van der Waals surface area contributed by atoms with Crippen molar-refractivity contribution in [3.63, 3.8) is 0 Å². The third-order valence-electron chi connectivity index (χ3n) is 9.52. The van der Waals surface area contributed by atoms with Crippen LogP contribution in [0.15, 0.2) is 113 Å². The van der Waals surface area contributed by atoms with E-state index in [1.54, 1.807) is 55.9 Å². The van der Waals surface area contributed by atoms with E-state index in [-0.39, 0.29) is 35.8 Å². The molecule has 1 fully saturated rings. The van der Waals surface area contributed by atoms with Gasteiger partial charge < -0.3 is 29.3 Å². The first-order valence-electron chi connectivity index (χ1n) is 16.5. The number of aromatic nitrogens is 3. The van der Waals surface area contributed by atoms with Gasteiger partial charge in [-0.3, -0.25) is 19.4 Å². The van der Waals surface area contributed by atoms with Gasteiger partial charge in [0.25, 0.3) is 17.4 Å². The molecule has 50 heavy (non-hydrogen) atoms. The van der Waals surface area contributed by atoms with Crippen LogP contribution in [0.2, 0.25) is 0 Å². The second kappa shape index (κ2) is 13.0. The van der Waals surface area contributed by atoms with Gasteiger partial charge in [0.1, 0.15) is 11.3 Å². The van der Waals surface area contributed by atoms with Crippen molar-refractivity contribution < 1.29 is 18.7 Å². The highest BCUT2D eigenvalue weighted by atomic mass is 16.5. The number of anilines is 2. The first-order chi connectivity index (χ1) is 24.4. The number of amides is 2. The van der Waals surface area contributed by atoms with Gasteiger partial charge in [0.05, 0.1) is 24.0 Å². The average molecular weight is 667 g/mol. The van der Waals surface area contributed by atoms with Crippen molar-refractivity contribution >= 4 is 34.3 Å². The largest absolute Gasteiger partial charge is 0.496 e. The zero-order valence-electron chi connectivity index (χ0n) is 27.3. The number of ether oxygens (including phenoxy) is 1. The van der Waals surface area contributed by atoms with Crippen LogP contribution in [0.3, 0.4) is 0 Å². The number of para-hydroxylation sites is 1. The SMILES string of the molecule is COc1ccccc1CNC(=O)c1ccc(N2CC3CC(C2)c2cccc(=O)n2C3)c(NC(=O)c2ccc3oc(-c4cccnc4)nc3c2)c1. The number of nitrogens with zero attached hydrogens (tertiary/aromatic N) is 4. The van der Waals surface area contributed by atoms with Crippen LogP contribution in [0.25, 0.3) is 22.6 Å². The van der Waals surface area contributed by atoms with Crippen LogP contribution >= 0.6 is 0 Å². The fraction of sp³-hybridized carbons (Fsp3) is 0.205. The second-order valence-electron chi connectivity index (χ2n) is 12.7. The predicted molar refractivity (Wildman–Crippen MR) is 190 cm³/mol. The maximum Gasteiger partial charge on any atom is 0.255 e. The summed E-state index contributed by atoms with van der Waals surface area (Å²) < 4.78 is 13.3. The molecule has 2 unspecified atom stereocenters.